The van der Waals surface area contributed by atoms with Crippen molar-refractivity contribution in [1.29, 1.82) is 0 Å². The molecule has 2 atom stereocenters. The number of carbonyl (C=O) groups excluding carboxylic acids is 1. The van der Waals surface area contributed by atoms with Crippen molar-refractivity contribution in [2.24, 2.45) is 17.6 Å². The Morgan fingerprint density at radius 2 is 2.05 bits per heavy atom. The summed E-state index contributed by atoms with van der Waals surface area (Å²) < 4.78 is 0. The van der Waals surface area contributed by atoms with E-state index in [0.717, 1.165) is 5.56 Å². The number of amides is 1. The summed E-state index contributed by atoms with van der Waals surface area (Å²) in [5.41, 5.74) is 7.28. The molecule has 0 spiro atoms. The van der Waals surface area contributed by atoms with Crippen LogP contribution in [0.1, 0.15) is 19.4 Å². The number of nitrogens with zero attached hydrogens (tertiary/aromatic N) is 1. The lowest BCUT2D eigenvalue weighted by molar-refractivity contribution is -0.140. The standard InChI is InChI=1S/C15H20N2O3/c1-9(2)11(8-16)14(18)17-12-6-4-3-5-10(12)7-13(17)15(19)20/h3-6,9,11,13H,7-8,16H2,1-2H3,(H,19,20)/t11?,13-/m0/s1. The Morgan fingerprint density at radius 1 is 1.40 bits per heavy atom. The molecule has 0 fully saturated rings. The van der Waals surface area contributed by atoms with Gasteiger partial charge in [-0.15, -0.1) is 0 Å². The fraction of sp³-hybridized carbons (Fsp3) is 0.467. The number of carbonyl (C=O) groups is 2. The zero-order valence-corrected chi connectivity index (χ0v) is 11.7. The molecule has 0 saturated heterocycles. The summed E-state index contributed by atoms with van der Waals surface area (Å²) in [6.45, 7) is 4.07. The van der Waals surface area contributed by atoms with Crippen LogP contribution < -0.4 is 10.6 Å². The van der Waals surface area contributed by atoms with E-state index in [9.17, 15) is 14.7 Å². The normalized spacial score (nSPS) is 19.0. The molecule has 108 valence electrons. The van der Waals surface area contributed by atoms with E-state index < -0.39 is 12.0 Å². The molecule has 0 saturated carbocycles. The van der Waals surface area contributed by atoms with Gasteiger partial charge in [0, 0.05) is 18.7 Å². The molecule has 0 bridgehead atoms. The molecule has 2 rings (SSSR count). The summed E-state index contributed by atoms with van der Waals surface area (Å²) >= 11 is 0. The number of hydrogen-bond donors (Lipinski definition) is 2. The fourth-order valence-electron chi connectivity index (χ4n) is 2.69. The SMILES string of the molecule is CC(C)C(CN)C(=O)N1c2ccccc2C[C@H]1C(=O)O. The zero-order chi connectivity index (χ0) is 14.9. The Hall–Kier alpha value is -1.88. The lowest BCUT2D eigenvalue weighted by Gasteiger charge is -2.28. The van der Waals surface area contributed by atoms with Crippen LogP contribution in [0.25, 0.3) is 0 Å². The van der Waals surface area contributed by atoms with Gasteiger partial charge in [0.2, 0.25) is 5.91 Å². The number of aliphatic carboxylic acids is 1. The molecule has 3 N–H and O–H groups in total. The van der Waals surface area contributed by atoms with Gasteiger partial charge in [-0.3, -0.25) is 9.69 Å². The molecular formula is C15H20N2O3. The van der Waals surface area contributed by atoms with Crippen LogP contribution in [0.2, 0.25) is 0 Å². The summed E-state index contributed by atoms with van der Waals surface area (Å²) in [5.74, 6) is -1.45. The zero-order valence-electron chi connectivity index (χ0n) is 11.7. The minimum Gasteiger partial charge on any atom is -0.480 e. The quantitative estimate of drug-likeness (QED) is 0.867. The molecule has 1 amide bonds. The number of hydrogen-bond acceptors (Lipinski definition) is 3. The number of benzene rings is 1. The average Bonchev–Trinajstić information content (AvgIpc) is 2.78. The highest BCUT2D eigenvalue weighted by Crippen LogP contribution is 2.34. The van der Waals surface area contributed by atoms with Crippen molar-refractivity contribution in [3.05, 3.63) is 29.8 Å². The summed E-state index contributed by atoms with van der Waals surface area (Å²) in [6.07, 6.45) is 0.354. The molecule has 5 nitrogen and oxygen atoms in total. The topological polar surface area (TPSA) is 83.6 Å². The summed E-state index contributed by atoms with van der Waals surface area (Å²) in [5, 5.41) is 9.37. The smallest absolute Gasteiger partial charge is 0.327 e. The maximum Gasteiger partial charge on any atom is 0.327 e. The molecule has 1 aromatic carbocycles. The second-order valence-electron chi connectivity index (χ2n) is 5.48. The molecule has 0 aromatic heterocycles. The molecule has 1 aliphatic rings. The largest absolute Gasteiger partial charge is 0.480 e. The summed E-state index contributed by atoms with van der Waals surface area (Å²) in [6, 6.07) is 6.51. The second kappa shape index (κ2) is 5.63. The summed E-state index contributed by atoms with van der Waals surface area (Å²) in [4.78, 5) is 25.5. The number of rotatable bonds is 4. The van der Waals surface area contributed by atoms with E-state index in [1.807, 2.05) is 32.0 Å². The van der Waals surface area contributed by atoms with Crippen molar-refractivity contribution in [2.75, 3.05) is 11.4 Å². The van der Waals surface area contributed by atoms with Crippen LogP contribution in [-0.4, -0.2) is 29.6 Å². The van der Waals surface area contributed by atoms with E-state index in [1.54, 1.807) is 6.07 Å². The van der Waals surface area contributed by atoms with Crippen LogP contribution >= 0.6 is 0 Å². The molecule has 5 heteroatoms. The van der Waals surface area contributed by atoms with E-state index in [4.69, 9.17) is 5.73 Å². The first kappa shape index (κ1) is 14.5. The first-order valence-corrected chi connectivity index (χ1v) is 6.81. The van der Waals surface area contributed by atoms with Gasteiger partial charge in [0.05, 0.1) is 5.92 Å². The van der Waals surface area contributed by atoms with E-state index in [2.05, 4.69) is 0 Å². The Balaban J connectivity index is 2.40. The van der Waals surface area contributed by atoms with E-state index in [-0.39, 0.29) is 24.3 Å². The third kappa shape index (κ3) is 2.41. The van der Waals surface area contributed by atoms with Crippen LogP contribution in [0.4, 0.5) is 5.69 Å². The van der Waals surface area contributed by atoms with Gasteiger partial charge < -0.3 is 10.8 Å². The van der Waals surface area contributed by atoms with E-state index >= 15 is 0 Å². The molecular weight excluding hydrogens is 256 g/mol. The van der Waals surface area contributed by atoms with Crippen molar-refractivity contribution in [3.63, 3.8) is 0 Å². The second-order valence-corrected chi connectivity index (χ2v) is 5.48. The van der Waals surface area contributed by atoms with Crippen LogP contribution in [-0.2, 0) is 16.0 Å². The third-order valence-electron chi connectivity index (χ3n) is 3.87. The van der Waals surface area contributed by atoms with Gasteiger partial charge in [-0.05, 0) is 17.5 Å². The average molecular weight is 276 g/mol. The van der Waals surface area contributed by atoms with Crippen molar-refractivity contribution in [3.8, 4) is 0 Å². The van der Waals surface area contributed by atoms with Crippen LogP contribution in [0.15, 0.2) is 24.3 Å². The number of nitrogens with two attached hydrogens (primary N) is 1. The molecule has 0 aliphatic carbocycles. The molecule has 1 unspecified atom stereocenters. The predicted molar refractivity (Wildman–Crippen MR) is 76.4 cm³/mol. The first-order chi connectivity index (χ1) is 9.47. The molecule has 0 radical (unpaired) electrons. The Labute approximate surface area is 118 Å². The Morgan fingerprint density at radius 3 is 2.60 bits per heavy atom. The van der Waals surface area contributed by atoms with E-state index in [1.165, 1.54) is 4.90 Å². The third-order valence-corrected chi connectivity index (χ3v) is 3.87. The number of carboxylic acids is 1. The Bertz CT molecular complexity index is 528. The highest BCUT2D eigenvalue weighted by molar-refractivity contribution is 6.03. The van der Waals surface area contributed by atoms with Crippen molar-refractivity contribution in [2.45, 2.75) is 26.3 Å². The highest BCUT2D eigenvalue weighted by Gasteiger charge is 2.40. The van der Waals surface area contributed by atoms with Crippen LogP contribution in [0.5, 0.6) is 0 Å². The lowest BCUT2D eigenvalue weighted by Crippen LogP contribution is -2.48. The lowest BCUT2D eigenvalue weighted by atomic mass is 9.94. The van der Waals surface area contributed by atoms with Gasteiger partial charge in [-0.1, -0.05) is 32.0 Å². The first-order valence-electron chi connectivity index (χ1n) is 6.81. The van der Waals surface area contributed by atoms with Gasteiger partial charge in [-0.25, -0.2) is 4.79 Å². The summed E-state index contributed by atoms with van der Waals surface area (Å²) in [7, 11) is 0. The van der Waals surface area contributed by atoms with Gasteiger partial charge in [0.1, 0.15) is 6.04 Å². The molecule has 1 aliphatic heterocycles. The Kier molecular flexibility index (Phi) is 4.09. The maximum absolute atomic E-state index is 12.7. The molecule has 1 aromatic rings. The van der Waals surface area contributed by atoms with E-state index in [0.29, 0.717) is 12.1 Å². The minimum absolute atomic E-state index is 0.0784. The van der Waals surface area contributed by atoms with Gasteiger partial charge in [-0.2, -0.15) is 0 Å². The van der Waals surface area contributed by atoms with Crippen LogP contribution in [0, 0.1) is 11.8 Å². The number of anilines is 1. The monoisotopic (exact) mass is 276 g/mol. The number of para-hydroxylation sites is 1. The number of fused-ring (bicyclic) bond motifs is 1. The molecule has 20 heavy (non-hydrogen) atoms. The maximum atomic E-state index is 12.7. The van der Waals surface area contributed by atoms with Gasteiger partial charge in [0.15, 0.2) is 0 Å². The van der Waals surface area contributed by atoms with Gasteiger partial charge in [0.25, 0.3) is 0 Å². The van der Waals surface area contributed by atoms with Gasteiger partial charge >= 0.3 is 5.97 Å². The van der Waals surface area contributed by atoms with Crippen molar-refractivity contribution < 1.29 is 14.7 Å². The minimum atomic E-state index is -0.978. The number of carboxylic acid groups (broad SMARTS) is 1. The highest BCUT2D eigenvalue weighted by atomic mass is 16.4. The predicted octanol–water partition coefficient (Wildman–Crippen LogP) is 1.26. The van der Waals surface area contributed by atoms with Crippen molar-refractivity contribution in [1.82, 2.24) is 0 Å². The molecule has 1 heterocycles. The van der Waals surface area contributed by atoms with Crippen LogP contribution in [0.3, 0.4) is 0 Å². The van der Waals surface area contributed by atoms with Crippen molar-refractivity contribution >= 4 is 17.6 Å². The fourth-order valence-corrected chi connectivity index (χ4v) is 2.69.